The maximum Gasteiger partial charge on any atom is 0.0787 e. The average molecular weight is 158 g/mol. The number of hydrogen-bond acceptors (Lipinski definition) is 3. The summed E-state index contributed by atoms with van der Waals surface area (Å²) in [6, 6.07) is 0.547. The van der Waals surface area contributed by atoms with Crippen molar-refractivity contribution in [3.8, 4) is 0 Å². The smallest absolute Gasteiger partial charge is 0.0787 e. The molecule has 4 N–H and O–H groups in total. The van der Waals surface area contributed by atoms with Crippen molar-refractivity contribution in [1.29, 1.82) is 0 Å². The maximum atomic E-state index is 8.68. The van der Waals surface area contributed by atoms with Crippen LogP contribution < -0.4 is 11.1 Å². The van der Waals surface area contributed by atoms with Gasteiger partial charge in [0.1, 0.15) is 0 Å². The van der Waals surface area contributed by atoms with Crippen LogP contribution >= 0.6 is 0 Å². The SMILES string of the molecule is N[C@@H](CO)NC1CCCCC1. The van der Waals surface area contributed by atoms with E-state index < -0.39 is 0 Å². The van der Waals surface area contributed by atoms with Crippen molar-refractivity contribution in [1.82, 2.24) is 5.32 Å². The first-order valence-corrected chi connectivity index (χ1v) is 4.45. The summed E-state index contributed by atoms with van der Waals surface area (Å²) < 4.78 is 0. The summed E-state index contributed by atoms with van der Waals surface area (Å²) in [6.45, 7) is 0.0382. The van der Waals surface area contributed by atoms with E-state index in [-0.39, 0.29) is 12.8 Å². The van der Waals surface area contributed by atoms with Gasteiger partial charge >= 0.3 is 0 Å². The van der Waals surface area contributed by atoms with Gasteiger partial charge in [-0.1, -0.05) is 19.3 Å². The van der Waals surface area contributed by atoms with E-state index in [0.717, 1.165) is 0 Å². The molecule has 0 heterocycles. The largest absolute Gasteiger partial charge is 0.393 e. The molecule has 1 fully saturated rings. The van der Waals surface area contributed by atoms with Gasteiger partial charge in [-0.25, -0.2) is 0 Å². The van der Waals surface area contributed by atoms with Gasteiger partial charge in [-0.05, 0) is 12.8 Å². The molecule has 0 radical (unpaired) electrons. The van der Waals surface area contributed by atoms with Crippen LogP contribution in [0.1, 0.15) is 32.1 Å². The first-order valence-electron chi connectivity index (χ1n) is 4.45. The van der Waals surface area contributed by atoms with Gasteiger partial charge in [0.25, 0.3) is 0 Å². The Balaban J connectivity index is 2.13. The quantitative estimate of drug-likeness (QED) is 0.514. The third-order valence-corrected chi connectivity index (χ3v) is 2.25. The molecule has 66 valence electrons. The molecule has 0 spiro atoms. The molecule has 3 nitrogen and oxygen atoms in total. The number of aliphatic hydroxyl groups excluding tert-OH is 1. The van der Waals surface area contributed by atoms with E-state index >= 15 is 0 Å². The normalized spacial score (nSPS) is 23.5. The number of nitrogens with two attached hydrogens (primary N) is 1. The van der Waals surface area contributed by atoms with Gasteiger partial charge in [0.05, 0.1) is 12.8 Å². The van der Waals surface area contributed by atoms with Crippen molar-refractivity contribution in [3.05, 3.63) is 0 Å². The molecule has 1 aliphatic rings. The van der Waals surface area contributed by atoms with Gasteiger partial charge in [-0.3, -0.25) is 5.32 Å². The molecule has 0 aromatic heterocycles. The standard InChI is InChI=1S/C8H18N2O/c9-8(6-11)10-7-4-2-1-3-5-7/h7-8,10-11H,1-6,9H2/t8-/m1/s1. The van der Waals surface area contributed by atoms with Crippen molar-refractivity contribution >= 4 is 0 Å². The summed E-state index contributed by atoms with van der Waals surface area (Å²) in [5.41, 5.74) is 5.54. The van der Waals surface area contributed by atoms with Crippen LogP contribution in [-0.2, 0) is 0 Å². The van der Waals surface area contributed by atoms with Crippen LogP contribution in [0.5, 0.6) is 0 Å². The highest BCUT2D eigenvalue weighted by atomic mass is 16.3. The number of rotatable bonds is 3. The average Bonchev–Trinajstić information content (AvgIpc) is 2.06. The third-order valence-electron chi connectivity index (χ3n) is 2.25. The van der Waals surface area contributed by atoms with Crippen molar-refractivity contribution in [2.24, 2.45) is 5.73 Å². The molecule has 1 atom stereocenters. The fourth-order valence-electron chi connectivity index (χ4n) is 1.62. The minimum Gasteiger partial charge on any atom is -0.393 e. The van der Waals surface area contributed by atoms with Crippen LogP contribution in [0, 0.1) is 0 Å². The molecular formula is C8H18N2O. The minimum absolute atomic E-state index is 0.0382. The summed E-state index contributed by atoms with van der Waals surface area (Å²) in [5, 5.41) is 11.9. The Morgan fingerprint density at radius 3 is 2.55 bits per heavy atom. The summed E-state index contributed by atoms with van der Waals surface area (Å²) in [4.78, 5) is 0. The molecular weight excluding hydrogens is 140 g/mol. The number of hydrogen-bond donors (Lipinski definition) is 3. The second-order valence-electron chi connectivity index (χ2n) is 3.29. The van der Waals surface area contributed by atoms with Crippen molar-refractivity contribution in [2.75, 3.05) is 6.61 Å². The van der Waals surface area contributed by atoms with Crippen molar-refractivity contribution < 1.29 is 5.11 Å². The molecule has 11 heavy (non-hydrogen) atoms. The van der Waals surface area contributed by atoms with Crippen molar-refractivity contribution in [2.45, 2.75) is 44.3 Å². The second kappa shape index (κ2) is 4.70. The highest BCUT2D eigenvalue weighted by molar-refractivity contribution is 4.73. The molecule has 1 rings (SSSR count). The zero-order valence-electron chi connectivity index (χ0n) is 6.92. The van der Waals surface area contributed by atoms with E-state index in [4.69, 9.17) is 10.8 Å². The molecule has 0 amide bonds. The van der Waals surface area contributed by atoms with Gasteiger partial charge in [0, 0.05) is 6.04 Å². The van der Waals surface area contributed by atoms with Crippen molar-refractivity contribution in [3.63, 3.8) is 0 Å². The Morgan fingerprint density at radius 2 is 2.00 bits per heavy atom. The predicted molar refractivity (Wildman–Crippen MR) is 45.1 cm³/mol. The molecule has 0 bridgehead atoms. The van der Waals surface area contributed by atoms with E-state index in [0.29, 0.717) is 6.04 Å². The van der Waals surface area contributed by atoms with Gasteiger partial charge in [-0.2, -0.15) is 0 Å². The lowest BCUT2D eigenvalue weighted by molar-refractivity contribution is 0.222. The zero-order valence-corrected chi connectivity index (χ0v) is 6.92. The first-order chi connectivity index (χ1) is 5.33. The monoisotopic (exact) mass is 158 g/mol. The van der Waals surface area contributed by atoms with Crippen LogP contribution in [0.2, 0.25) is 0 Å². The zero-order chi connectivity index (χ0) is 8.10. The Kier molecular flexibility index (Phi) is 3.83. The molecule has 0 aromatic rings. The van der Waals surface area contributed by atoms with Crippen LogP contribution in [-0.4, -0.2) is 23.9 Å². The lowest BCUT2D eigenvalue weighted by atomic mass is 9.95. The fourth-order valence-corrected chi connectivity index (χ4v) is 1.62. The summed E-state index contributed by atoms with van der Waals surface area (Å²) >= 11 is 0. The van der Waals surface area contributed by atoms with Crippen LogP contribution in [0.15, 0.2) is 0 Å². The molecule has 1 saturated carbocycles. The van der Waals surface area contributed by atoms with Crippen LogP contribution in [0.25, 0.3) is 0 Å². The lowest BCUT2D eigenvalue weighted by Crippen LogP contribution is -2.47. The van der Waals surface area contributed by atoms with E-state index in [9.17, 15) is 0 Å². The van der Waals surface area contributed by atoms with E-state index in [1.807, 2.05) is 0 Å². The number of aliphatic hydroxyl groups is 1. The molecule has 0 unspecified atom stereocenters. The van der Waals surface area contributed by atoms with E-state index in [2.05, 4.69) is 5.32 Å². The predicted octanol–water partition coefficient (Wildman–Crippen LogP) is 0.186. The summed E-state index contributed by atoms with van der Waals surface area (Å²) in [6.07, 6.45) is 6.16. The second-order valence-corrected chi connectivity index (χ2v) is 3.29. The topological polar surface area (TPSA) is 58.3 Å². The fraction of sp³-hybridized carbons (Fsp3) is 1.00. The highest BCUT2D eigenvalue weighted by Crippen LogP contribution is 2.17. The molecule has 0 aliphatic heterocycles. The summed E-state index contributed by atoms with van der Waals surface area (Å²) in [7, 11) is 0. The van der Waals surface area contributed by atoms with Crippen LogP contribution in [0.4, 0.5) is 0 Å². The highest BCUT2D eigenvalue weighted by Gasteiger charge is 2.14. The number of nitrogens with one attached hydrogen (secondary N) is 1. The molecule has 0 aromatic carbocycles. The molecule has 1 aliphatic carbocycles. The molecule has 3 heteroatoms. The van der Waals surface area contributed by atoms with Gasteiger partial charge in [-0.15, -0.1) is 0 Å². The Labute approximate surface area is 68.0 Å². The summed E-state index contributed by atoms with van der Waals surface area (Å²) in [5.74, 6) is 0. The van der Waals surface area contributed by atoms with E-state index in [1.165, 1.54) is 32.1 Å². The Morgan fingerprint density at radius 1 is 1.36 bits per heavy atom. The maximum absolute atomic E-state index is 8.68. The first kappa shape index (κ1) is 8.97. The molecule has 0 saturated heterocycles. The van der Waals surface area contributed by atoms with Gasteiger partial charge < -0.3 is 10.8 Å². The lowest BCUT2D eigenvalue weighted by Gasteiger charge is -2.25. The minimum atomic E-state index is -0.224. The van der Waals surface area contributed by atoms with Crippen LogP contribution in [0.3, 0.4) is 0 Å². The van der Waals surface area contributed by atoms with E-state index in [1.54, 1.807) is 0 Å². The Hall–Kier alpha value is -0.120. The third kappa shape index (κ3) is 3.18. The van der Waals surface area contributed by atoms with Gasteiger partial charge in [0.15, 0.2) is 0 Å². The Bertz CT molecular complexity index is 102. The van der Waals surface area contributed by atoms with Gasteiger partial charge in [0.2, 0.25) is 0 Å².